The molecule has 1 amide bonds. The highest BCUT2D eigenvalue weighted by Crippen LogP contribution is 2.06. The van der Waals surface area contributed by atoms with Gasteiger partial charge in [-0.1, -0.05) is 0 Å². The van der Waals surface area contributed by atoms with Crippen LogP contribution in [0.3, 0.4) is 0 Å². The van der Waals surface area contributed by atoms with Gasteiger partial charge in [-0.2, -0.15) is 0 Å². The summed E-state index contributed by atoms with van der Waals surface area (Å²) in [4.78, 5) is 32.4. The number of hydrogen-bond donors (Lipinski definition) is 2. The standard InChI is InChI=1S/C7H9NO6/c1-13-7(12)5(10)8-4-3(9)2-14-6(4)11/h3-4,9H,2H2,1H3,(H,8,10)/t3-,4-/m1/s1. The molecule has 0 unspecified atom stereocenters. The molecule has 14 heavy (non-hydrogen) atoms. The van der Waals surface area contributed by atoms with E-state index in [2.05, 4.69) is 9.47 Å². The molecule has 1 saturated heterocycles. The summed E-state index contributed by atoms with van der Waals surface area (Å²) in [6.07, 6.45) is -1.13. The third kappa shape index (κ3) is 1.99. The molecule has 0 aromatic rings. The van der Waals surface area contributed by atoms with Crippen LogP contribution in [0.1, 0.15) is 0 Å². The van der Waals surface area contributed by atoms with Gasteiger partial charge in [-0.3, -0.25) is 4.79 Å². The molecule has 78 valence electrons. The number of cyclic esters (lactones) is 1. The van der Waals surface area contributed by atoms with E-state index >= 15 is 0 Å². The summed E-state index contributed by atoms with van der Waals surface area (Å²) in [5, 5.41) is 11.1. The van der Waals surface area contributed by atoms with Crippen LogP contribution < -0.4 is 5.32 Å². The number of methoxy groups -OCH3 is 1. The second-order valence-corrected chi connectivity index (χ2v) is 2.64. The summed E-state index contributed by atoms with van der Waals surface area (Å²) in [6, 6.07) is -1.19. The van der Waals surface area contributed by atoms with Gasteiger partial charge in [0.15, 0.2) is 6.04 Å². The molecular formula is C7H9NO6. The zero-order valence-electron chi connectivity index (χ0n) is 7.35. The van der Waals surface area contributed by atoms with Gasteiger partial charge in [-0.05, 0) is 0 Å². The van der Waals surface area contributed by atoms with Crippen LogP contribution in [0.5, 0.6) is 0 Å². The van der Waals surface area contributed by atoms with Gasteiger partial charge < -0.3 is 19.9 Å². The van der Waals surface area contributed by atoms with Gasteiger partial charge >= 0.3 is 17.8 Å². The molecule has 1 rings (SSSR count). The zero-order chi connectivity index (χ0) is 10.7. The average molecular weight is 203 g/mol. The van der Waals surface area contributed by atoms with E-state index in [1.54, 1.807) is 0 Å². The van der Waals surface area contributed by atoms with Crippen molar-refractivity contribution in [3.63, 3.8) is 0 Å². The highest BCUT2D eigenvalue weighted by atomic mass is 16.6. The summed E-state index contributed by atoms with van der Waals surface area (Å²) < 4.78 is 8.54. The SMILES string of the molecule is COC(=O)C(=O)N[C@H]1C(=O)OC[C@H]1O. The predicted octanol–water partition coefficient (Wildman–Crippen LogP) is -2.44. The first-order chi connectivity index (χ1) is 6.56. The fourth-order valence-corrected chi connectivity index (χ4v) is 0.959. The molecule has 0 radical (unpaired) electrons. The van der Waals surface area contributed by atoms with Gasteiger partial charge in [0.25, 0.3) is 0 Å². The number of hydrogen-bond acceptors (Lipinski definition) is 6. The first-order valence-electron chi connectivity index (χ1n) is 3.79. The number of amides is 1. The Kier molecular flexibility index (Phi) is 3.03. The Labute approximate surface area is 79.0 Å². The third-order valence-corrected chi connectivity index (χ3v) is 1.69. The number of rotatable bonds is 1. The summed E-state index contributed by atoms with van der Waals surface area (Å²) in [5.41, 5.74) is 0. The Balaban J connectivity index is 2.55. The lowest BCUT2D eigenvalue weighted by Gasteiger charge is -2.10. The molecule has 7 heteroatoms. The van der Waals surface area contributed by atoms with E-state index in [1.807, 2.05) is 5.32 Å². The molecule has 0 spiro atoms. The van der Waals surface area contributed by atoms with Crippen LogP contribution in [0.15, 0.2) is 0 Å². The number of aliphatic hydroxyl groups excluding tert-OH is 1. The maximum atomic E-state index is 10.9. The molecule has 0 aromatic carbocycles. The van der Waals surface area contributed by atoms with Crippen LogP contribution in [0.2, 0.25) is 0 Å². The van der Waals surface area contributed by atoms with E-state index in [-0.39, 0.29) is 6.61 Å². The van der Waals surface area contributed by atoms with E-state index in [4.69, 9.17) is 5.11 Å². The van der Waals surface area contributed by atoms with Crippen LogP contribution in [0, 0.1) is 0 Å². The van der Waals surface area contributed by atoms with Gasteiger partial charge in [0.05, 0.1) is 7.11 Å². The van der Waals surface area contributed by atoms with Gasteiger partial charge in [-0.15, -0.1) is 0 Å². The number of nitrogens with one attached hydrogen (secondary N) is 1. The first-order valence-corrected chi connectivity index (χ1v) is 3.79. The smallest absolute Gasteiger partial charge is 0.396 e. The lowest BCUT2D eigenvalue weighted by molar-refractivity contribution is -0.154. The number of carbonyl (C=O) groups excluding carboxylic acids is 3. The summed E-state index contributed by atoms with van der Waals surface area (Å²) in [6.45, 7) is -0.190. The van der Waals surface area contributed by atoms with Crippen molar-refractivity contribution in [2.45, 2.75) is 12.1 Å². The zero-order valence-corrected chi connectivity index (χ0v) is 7.35. The highest BCUT2D eigenvalue weighted by molar-refractivity contribution is 6.32. The lowest BCUT2D eigenvalue weighted by atomic mass is 10.2. The summed E-state index contributed by atoms with van der Waals surface area (Å²) >= 11 is 0. The molecular weight excluding hydrogens is 194 g/mol. The Bertz CT molecular complexity index is 275. The fraction of sp³-hybridized carbons (Fsp3) is 0.571. The van der Waals surface area contributed by atoms with Gasteiger partial charge in [0, 0.05) is 0 Å². The van der Waals surface area contributed by atoms with E-state index < -0.39 is 30.0 Å². The minimum Gasteiger partial charge on any atom is -0.462 e. The maximum absolute atomic E-state index is 10.9. The van der Waals surface area contributed by atoms with Crippen molar-refractivity contribution < 1.29 is 29.0 Å². The van der Waals surface area contributed by atoms with Crippen molar-refractivity contribution in [2.75, 3.05) is 13.7 Å². The quantitative estimate of drug-likeness (QED) is 0.362. The Morgan fingerprint density at radius 1 is 1.64 bits per heavy atom. The molecule has 0 bridgehead atoms. The van der Waals surface area contributed by atoms with Crippen molar-refractivity contribution >= 4 is 17.8 Å². The van der Waals surface area contributed by atoms with Crippen LogP contribution in [-0.2, 0) is 23.9 Å². The monoisotopic (exact) mass is 203 g/mol. The topological polar surface area (TPSA) is 102 Å². The summed E-state index contributed by atoms with van der Waals surface area (Å²) in [5.74, 6) is -2.98. The van der Waals surface area contributed by atoms with Gasteiger partial charge in [0.2, 0.25) is 0 Å². The normalized spacial score (nSPS) is 25.4. The molecule has 0 saturated carbocycles. The van der Waals surface area contributed by atoms with Crippen molar-refractivity contribution in [1.29, 1.82) is 0 Å². The Hall–Kier alpha value is -1.63. The number of aliphatic hydroxyl groups is 1. The van der Waals surface area contributed by atoms with E-state index in [0.29, 0.717) is 0 Å². The number of esters is 2. The molecule has 0 aromatic heterocycles. The maximum Gasteiger partial charge on any atom is 0.396 e. The second-order valence-electron chi connectivity index (χ2n) is 2.64. The summed E-state index contributed by atoms with van der Waals surface area (Å²) in [7, 11) is 1.03. The minimum atomic E-state index is -1.19. The molecule has 2 atom stereocenters. The molecule has 0 aliphatic carbocycles. The van der Waals surface area contributed by atoms with Gasteiger partial charge in [0.1, 0.15) is 12.7 Å². The van der Waals surface area contributed by atoms with E-state index in [1.165, 1.54) is 0 Å². The average Bonchev–Trinajstić information content (AvgIpc) is 2.48. The molecule has 2 N–H and O–H groups in total. The van der Waals surface area contributed by atoms with Crippen LogP contribution in [-0.4, -0.2) is 48.8 Å². The third-order valence-electron chi connectivity index (χ3n) is 1.69. The molecule has 1 aliphatic heterocycles. The van der Waals surface area contributed by atoms with Crippen molar-refractivity contribution in [2.24, 2.45) is 0 Å². The number of ether oxygens (including phenoxy) is 2. The van der Waals surface area contributed by atoms with E-state index in [0.717, 1.165) is 7.11 Å². The van der Waals surface area contributed by atoms with E-state index in [9.17, 15) is 14.4 Å². The van der Waals surface area contributed by atoms with Gasteiger partial charge in [-0.25, -0.2) is 9.59 Å². The predicted molar refractivity (Wildman–Crippen MR) is 40.9 cm³/mol. The van der Waals surface area contributed by atoms with Crippen molar-refractivity contribution in [3.05, 3.63) is 0 Å². The van der Waals surface area contributed by atoms with Crippen molar-refractivity contribution in [3.8, 4) is 0 Å². The minimum absolute atomic E-state index is 0.190. The second kappa shape index (κ2) is 4.05. The first kappa shape index (κ1) is 10.5. The molecule has 1 aliphatic rings. The lowest BCUT2D eigenvalue weighted by Crippen LogP contribution is -2.47. The molecule has 7 nitrogen and oxygen atoms in total. The van der Waals surface area contributed by atoms with Crippen molar-refractivity contribution in [1.82, 2.24) is 5.32 Å². The largest absolute Gasteiger partial charge is 0.462 e. The van der Waals surface area contributed by atoms with Crippen LogP contribution in [0.25, 0.3) is 0 Å². The Morgan fingerprint density at radius 2 is 2.29 bits per heavy atom. The number of carbonyl (C=O) groups is 3. The Morgan fingerprint density at radius 3 is 2.71 bits per heavy atom. The molecule has 1 heterocycles. The highest BCUT2D eigenvalue weighted by Gasteiger charge is 2.38. The van der Waals surface area contributed by atoms with Crippen LogP contribution in [0.4, 0.5) is 0 Å². The van der Waals surface area contributed by atoms with Crippen LogP contribution >= 0.6 is 0 Å². The molecule has 1 fully saturated rings. The fourth-order valence-electron chi connectivity index (χ4n) is 0.959.